The minimum atomic E-state index is -0.482. The summed E-state index contributed by atoms with van der Waals surface area (Å²) >= 11 is 0. The number of rotatable bonds is 4. The van der Waals surface area contributed by atoms with E-state index in [0.717, 1.165) is 40.8 Å². The van der Waals surface area contributed by atoms with Crippen molar-refractivity contribution in [2.75, 3.05) is 11.9 Å². The van der Waals surface area contributed by atoms with E-state index in [9.17, 15) is 4.39 Å². The number of aromatic nitrogens is 2. The summed E-state index contributed by atoms with van der Waals surface area (Å²) in [5.74, 6) is -0.482. The van der Waals surface area contributed by atoms with Crippen molar-refractivity contribution in [1.82, 2.24) is 9.97 Å². The molecular weight excluding hydrogens is 265 g/mol. The van der Waals surface area contributed by atoms with E-state index in [2.05, 4.69) is 17.2 Å². The van der Waals surface area contributed by atoms with Crippen molar-refractivity contribution in [3.05, 3.63) is 54.6 Å². The van der Waals surface area contributed by atoms with E-state index in [-0.39, 0.29) is 0 Å². The second kappa shape index (κ2) is 5.87. The molecule has 3 nitrogen and oxygen atoms in total. The fourth-order valence-electron chi connectivity index (χ4n) is 2.24. The first-order valence-electron chi connectivity index (χ1n) is 7.03. The Morgan fingerprint density at radius 3 is 2.76 bits per heavy atom. The molecule has 21 heavy (non-hydrogen) atoms. The highest BCUT2D eigenvalue weighted by Gasteiger charge is 2.06. The maximum absolute atomic E-state index is 12.9. The van der Waals surface area contributed by atoms with Crippen LogP contribution in [0.4, 0.5) is 10.1 Å². The summed E-state index contributed by atoms with van der Waals surface area (Å²) in [6.07, 6.45) is 2.56. The third kappa shape index (κ3) is 2.84. The molecule has 0 saturated heterocycles. The Bertz CT molecular complexity index is 754. The Morgan fingerprint density at radius 1 is 1.10 bits per heavy atom. The molecule has 0 amide bonds. The summed E-state index contributed by atoms with van der Waals surface area (Å²) in [6.45, 7) is 3.03. The molecule has 0 atom stereocenters. The highest BCUT2D eigenvalue weighted by atomic mass is 19.1. The van der Waals surface area contributed by atoms with Gasteiger partial charge in [-0.15, -0.1) is 0 Å². The van der Waals surface area contributed by atoms with E-state index >= 15 is 0 Å². The van der Waals surface area contributed by atoms with Crippen LogP contribution in [-0.4, -0.2) is 16.5 Å². The van der Waals surface area contributed by atoms with Crippen LogP contribution in [0.25, 0.3) is 22.2 Å². The normalized spacial score (nSPS) is 10.8. The van der Waals surface area contributed by atoms with Gasteiger partial charge in [0.15, 0.2) is 0 Å². The molecule has 0 radical (unpaired) electrons. The van der Waals surface area contributed by atoms with Gasteiger partial charge < -0.3 is 5.32 Å². The number of para-hydroxylation sites is 1. The lowest BCUT2D eigenvalue weighted by molar-refractivity contribution is 0.584. The number of benzene rings is 1. The van der Waals surface area contributed by atoms with E-state index in [1.54, 1.807) is 6.07 Å². The molecule has 3 rings (SSSR count). The maximum Gasteiger partial charge on any atom is 0.212 e. The van der Waals surface area contributed by atoms with Crippen molar-refractivity contribution in [2.24, 2.45) is 0 Å². The Morgan fingerprint density at radius 2 is 2.00 bits per heavy atom. The molecule has 0 aliphatic carbocycles. The van der Waals surface area contributed by atoms with Crippen molar-refractivity contribution in [2.45, 2.75) is 13.3 Å². The highest BCUT2D eigenvalue weighted by molar-refractivity contribution is 5.91. The number of nitrogens with zero attached hydrogens (tertiary/aromatic N) is 2. The first-order valence-corrected chi connectivity index (χ1v) is 7.03. The molecule has 0 spiro atoms. The summed E-state index contributed by atoms with van der Waals surface area (Å²) < 4.78 is 12.9. The van der Waals surface area contributed by atoms with Gasteiger partial charge in [-0.25, -0.2) is 9.97 Å². The average Bonchev–Trinajstić information content (AvgIpc) is 2.53. The Balaban J connectivity index is 2.07. The minimum absolute atomic E-state index is 0.482. The third-order valence-electron chi connectivity index (χ3n) is 3.31. The summed E-state index contributed by atoms with van der Waals surface area (Å²) in [5, 5.41) is 4.47. The highest BCUT2D eigenvalue weighted by Crippen LogP contribution is 2.25. The smallest absolute Gasteiger partial charge is 0.212 e. The number of nitrogens with one attached hydrogen (secondary N) is 1. The monoisotopic (exact) mass is 281 g/mol. The van der Waals surface area contributed by atoms with E-state index in [0.29, 0.717) is 0 Å². The van der Waals surface area contributed by atoms with Gasteiger partial charge in [0, 0.05) is 23.7 Å². The Hall–Kier alpha value is -2.49. The molecule has 2 aromatic heterocycles. The van der Waals surface area contributed by atoms with Gasteiger partial charge in [-0.3, -0.25) is 0 Å². The second-order valence-corrected chi connectivity index (χ2v) is 4.87. The van der Waals surface area contributed by atoms with Gasteiger partial charge in [-0.2, -0.15) is 4.39 Å². The van der Waals surface area contributed by atoms with Crippen LogP contribution in [0.5, 0.6) is 0 Å². The maximum atomic E-state index is 12.9. The lowest BCUT2D eigenvalue weighted by Crippen LogP contribution is -2.01. The SMILES string of the molecule is CCCNc1cccc2ccc(-c3ccc(F)nc3)nc12. The van der Waals surface area contributed by atoms with Gasteiger partial charge in [0.05, 0.1) is 16.9 Å². The van der Waals surface area contributed by atoms with Gasteiger partial charge in [-0.05, 0) is 30.7 Å². The summed E-state index contributed by atoms with van der Waals surface area (Å²) in [7, 11) is 0. The quantitative estimate of drug-likeness (QED) is 0.726. The van der Waals surface area contributed by atoms with Gasteiger partial charge in [-0.1, -0.05) is 25.1 Å². The van der Waals surface area contributed by atoms with E-state index in [4.69, 9.17) is 4.98 Å². The van der Waals surface area contributed by atoms with E-state index in [1.165, 1.54) is 12.3 Å². The van der Waals surface area contributed by atoms with Crippen LogP contribution in [0, 0.1) is 5.95 Å². The van der Waals surface area contributed by atoms with Crippen molar-refractivity contribution >= 4 is 16.6 Å². The zero-order chi connectivity index (χ0) is 14.7. The van der Waals surface area contributed by atoms with Crippen molar-refractivity contribution in [3.8, 4) is 11.3 Å². The Kier molecular flexibility index (Phi) is 3.77. The first kappa shape index (κ1) is 13.5. The molecule has 0 bridgehead atoms. The van der Waals surface area contributed by atoms with Gasteiger partial charge in [0.2, 0.25) is 5.95 Å². The molecular formula is C17H16FN3. The fourth-order valence-corrected chi connectivity index (χ4v) is 2.24. The average molecular weight is 281 g/mol. The molecule has 0 aliphatic rings. The largest absolute Gasteiger partial charge is 0.383 e. The molecule has 106 valence electrons. The van der Waals surface area contributed by atoms with E-state index in [1.807, 2.05) is 30.3 Å². The molecule has 0 aliphatic heterocycles. The van der Waals surface area contributed by atoms with Crippen LogP contribution in [0.3, 0.4) is 0 Å². The van der Waals surface area contributed by atoms with Crippen molar-refractivity contribution < 1.29 is 4.39 Å². The molecule has 1 N–H and O–H groups in total. The molecule has 4 heteroatoms. The van der Waals surface area contributed by atoms with Crippen LogP contribution in [0.15, 0.2) is 48.7 Å². The van der Waals surface area contributed by atoms with Crippen molar-refractivity contribution in [3.63, 3.8) is 0 Å². The summed E-state index contributed by atoms with van der Waals surface area (Å²) in [5.41, 5.74) is 3.54. The molecule has 2 heterocycles. The molecule has 0 saturated carbocycles. The molecule has 0 unspecified atom stereocenters. The van der Waals surface area contributed by atoms with Gasteiger partial charge >= 0.3 is 0 Å². The van der Waals surface area contributed by atoms with E-state index < -0.39 is 5.95 Å². The van der Waals surface area contributed by atoms with Gasteiger partial charge in [0.25, 0.3) is 0 Å². The number of fused-ring (bicyclic) bond motifs is 1. The number of hydrogen-bond donors (Lipinski definition) is 1. The zero-order valence-electron chi connectivity index (χ0n) is 11.8. The molecule has 1 aromatic carbocycles. The van der Waals surface area contributed by atoms with Crippen LogP contribution in [-0.2, 0) is 0 Å². The van der Waals surface area contributed by atoms with Crippen LogP contribution >= 0.6 is 0 Å². The predicted octanol–water partition coefficient (Wildman–Crippen LogP) is 4.26. The first-order chi connectivity index (χ1) is 10.3. The number of halogens is 1. The number of pyridine rings is 2. The topological polar surface area (TPSA) is 37.8 Å². The van der Waals surface area contributed by atoms with Crippen LogP contribution < -0.4 is 5.32 Å². The van der Waals surface area contributed by atoms with Crippen molar-refractivity contribution in [1.29, 1.82) is 0 Å². The zero-order valence-corrected chi connectivity index (χ0v) is 11.8. The fraction of sp³-hybridized carbons (Fsp3) is 0.176. The lowest BCUT2D eigenvalue weighted by Gasteiger charge is -2.09. The second-order valence-electron chi connectivity index (χ2n) is 4.87. The minimum Gasteiger partial charge on any atom is -0.383 e. The standard InChI is InChI=1S/C17H16FN3/c1-2-10-19-15-5-3-4-12-6-8-14(21-17(12)15)13-7-9-16(18)20-11-13/h3-9,11,19H,2,10H2,1H3. The number of hydrogen-bond acceptors (Lipinski definition) is 3. The summed E-state index contributed by atoms with van der Waals surface area (Å²) in [4.78, 5) is 8.39. The van der Waals surface area contributed by atoms with Crippen LogP contribution in [0.1, 0.15) is 13.3 Å². The third-order valence-corrected chi connectivity index (χ3v) is 3.31. The molecule has 3 aromatic rings. The van der Waals surface area contributed by atoms with Crippen LogP contribution in [0.2, 0.25) is 0 Å². The van der Waals surface area contributed by atoms with Gasteiger partial charge in [0.1, 0.15) is 0 Å². The summed E-state index contributed by atoms with van der Waals surface area (Å²) in [6, 6.07) is 13.1. The number of anilines is 1. The lowest BCUT2D eigenvalue weighted by atomic mass is 10.1. The predicted molar refractivity (Wildman–Crippen MR) is 83.7 cm³/mol. The Labute approximate surface area is 122 Å². The molecule has 0 fully saturated rings.